The van der Waals surface area contributed by atoms with E-state index in [4.69, 9.17) is 4.52 Å². The van der Waals surface area contributed by atoms with E-state index in [1.807, 2.05) is 24.2 Å². The number of carbonyl (C=O) groups is 1. The lowest BCUT2D eigenvalue weighted by molar-refractivity contribution is -0.133. The van der Waals surface area contributed by atoms with Crippen molar-refractivity contribution >= 4 is 5.91 Å². The molecule has 0 bridgehead atoms. The minimum atomic E-state index is 0.0257. The molecule has 1 unspecified atom stereocenters. The number of carbonyl (C=O) groups excluding carboxylic acids is 1. The first-order valence-corrected chi connectivity index (χ1v) is 8.74. The zero-order valence-corrected chi connectivity index (χ0v) is 14.6. The Hall–Kier alpha value is -2.35. The molecule has 2 saturated heterocycles. The van der Waals surface area contributed by atoms with Gasteiger partial charge in [-0.3, -0.25) is 9.69 Å². The monoisotopic (exact) mass is 342 g/mol. The van der Waals surface area contributed by atoms with Crippen LogP contribution in [0.4, 0.5) is 0 Å². The molecule has 4 rings (SSSR count). The van der Waals surface area contributed by atoms with Crippen molar-refractivity contribution in [1.82, 2.24) is 29.9 Å². The predicted octanol–water partition coefficient (Wildman–Crippen LogP) is 0.931. The van der Waals surface area contributed by atoms with Crippen LogP contribution in [-0.4, -0.2) is 61.5 Å². The van der Waals surface area contributed by atoms with E-state index in [2.05, 4.69) is 25.0 Å². The topological polar surface area (TPSA) is 88.3 Å². The fourth-order valence-electron chi connectivity index (χ4n) is 3.50. The molecule has 8 heteroatoms. The van der Waals surface area contributed by atoms with E-state index in [-0.39, 0.29) is 17.9 Å². The molecule has 2 aromatic heterocycles. The Morgan fingerprint density at radius 2 is 2.00 bits per heavy atom. The van der Waals surface area contributed by atoms with Gasteiger partial charge in [0.25, 0.3) is 0 Å². The second kappa shape index (κ2) is 6.51. The van der Waals surface area contributed by atoms with Crippen molar-refractivity contribution in [2.45, 2.75) is 45.2 Å². The van der Waals surface area contributed by atoms with Crippen LogP contribution in [0.2, 0.25) is 0 Å². The van der Waals surface area contributed by atoms with Crippen LogP contribution in [0.1, 0.15) is 42.4 Å². The number of hydrogen-bond acceptors (Lipinski definition) is 7. The first kappa shape index (κ1) is 16.1. The van der Waals surface area contributed by atoms with E-state index in [1.165, 1.54) is 0 Å². The summed E-state index contributed by atoms with van der Waals surface area (Å²) in [6.45, 7) is 7.11. The third-order valence-corrected chi connectivity index (χ3v) is 4.91. The van der Waals surface area contributed by atoms with Crippen LogP contribution < -0.4 is 0 Å². The molecule has 25 heavy (non-hydrogen) atoms. The van der Waals surface area contributed by atoms with Crippen molar-refractivity contribution in [2.75, 3.05) is 19.6 Å². The Morgan fingerprint density at radius 1 is 1.24 bits per heavy atom. The predicted molar refractivity (Wildman–Crippen MR) is 88.6 cm³/mol. The summed E-state index contributed by atoms with van der Waals surface area (Å²) in [7, 11) is 0. The van der Waals surface area contributed by atoms with Crippen LogP contribution in [0, 0.1) is 6.92 Å². The van der Waals surface area contributed by atoms with Gasteiger partial charge in [-0.25, -0.2) is 9.97 Å². The molecule has 2 aliphatic rings. The van der Waals surface area contributed by atoms with E-state index >= 15 is 0 Å². The Morgan fingerprint density at radius 3 is 2.64 bits per heavy atom. The van der Waals surface area contributed by atoms with Crippen molar-refractivity contribution in [1.29, 1.82) is 0 Å². The van der Waals surface area contributed by atoms with Gasteiger partial charge in [-0.15, -0.1) is 0 Å². The molecule has 1 atom stereocenters. The molecule has 0 saturated carbocycles. The molecule has 1 amide bonds. The first-order chi connectivity index (χ1) is 12.1. The quantitative estimate of drug-likeness (QED) is 0.798. The highest BCUT2D eigenvalue weighted by atomic mass is 16.5. The minimum Gasteiger partial charge on any atom is -0.339 e. The average molecular weight is 342 g/mol. The molecule has 4 heterocycles. The second-order valence-electron chi connectivity index (χ2n) is 6.84. The largest absolute Gasteiger partial charge is 0.339 e. The normalized spacial score (nSPS) is 21.8. The Balaban J connectivity index is 1.30. The number of rotatable bonds is 5. The van der Waals surface area contributed by atoms with Gasteiger partial charge in [0.1, 0.15) is 5.82 Å². The van der Waals surface area contributed by atoms with Gasteiger partial charge in [0.2, 0.25) is 11.8 Å². The lowest BCUT2D eigenvalue weighted by Gasteiger charge is -2.44. The molecule has 8 nitrogen and oxygen atoms in total. The highest BCUT2D eigenvalue weighted by molar-refractivity contribution is 5.80. The molecule has 132 valence electrons. The number of nitrogens with zero attached hydrogens (tertiary/aromatic N) is 6. The Kier molecular flexibility index (Phi) is 4.20. The van der Waals surface area contributed by atoms with Gasteiger partial charge in [-0.1, -0.05) is 12.1 Å². The van der Waals surface area contributed by atoms with Crippen LogP contribution in [-0.2, 0) is 17.8 Å². The molecule has 0 radical (unpaired) electrons. The smallest absolute Gasteiger partial charge is 0.232 e. The number of likely N-dealkylation sites (tertiary alicyclic amines) is 2. The molecule has 0 aromatic carbocycles. The summed E-state index contributed by atoms with van der Waals surface area (Å²) in [5.41, 5.74) is 1.11. The molecule has 2 aliphatic heterocycles. The van der Waals surface area contributed by atoms with E-state index in [1.54, 1.807) is 6.92 Å². The van der Waals surface area contributed by atoms with Crippen molar-refractivity contribution < 1.29 is 9.32 Å². The summed E-state index contributed by atoms with van der Waals surface area (Å²) in [6.07, 6.45) is 5.11. The van der Waals surface area contributed by atoms with Crippen molar-refractivity contribution in [3.8, 4) is 0 Å². The molecule has 0 N–H and O–H groups in total. The van der Waals surface area contributed by atoms with E-state index in [0.717, 1.165) is 37.4 Å². The summed E-state index contributed by atoms with van der Waals surface area (Å²) in [5.74, 6) is 2.28. The number of amides is 1. The van der Waals surface area contributed by atoms with Crippen LogP contribution in [0.3, 0.4) is 0 Å². The summed E-state index contributed by atoms with van der Waals surface area (Å²) < 4.78 is 5.23. The van der Waals surface area contributed by atoms with E-state index in [0.29, 0.717) is 24.7 Å². The lowest BCUT2D eigenvalue weighted by Crippen LogP contribution is -2.59. The second-order valence-corrected chi connectivity index (χ2v) is 6.84. The fourth-order valence-corrected chi connectivity index (χ4v) is 3.50. The Labute approximate surface area is 146 Å². The fraction of sp³-hybridized carbons (Fsp3) is 0.588. The first-order valence-electron chi connectivity index (χ1n) is 8.74. The van der Waals surface area contributed by atoms with E-state index < -0.39 is 0 Å². The van der Waals surface area contributed by atoms with Gasteiger partial charge in [0, 0.05) is 57.0 Å². The van der Waals surface area contributed by atoms with Crippen molar-refractivity contribution in [3.63, 3.8) is 0 Å². The molecular weight excluding hydrogens is 320 g/mol. The maximum absolute atomic E-state index is 12.3. The van der Waals surface area contributed by atoms with Crippen LogP contribution in [0.5, 0.6) is 0 Å². The van der Waals surface area contributed by atoms with Gasteiger partial charge in [0.15, 0.2) is 5.82 Å². The standard InChI is InChI=1S/C17H22N6O2/c1-3-15-18-5-12(6-19-15)7-22-9-14(10-22)23-8-13(4-16(23)24)17-20-11(2)21-25-17/h5-6,13-14H,3-4,7-10H2,1-2H3. The van der Waals surface area contributed by atoms with Gasteiger partial charge in [-0.2, -0.15) is 4.98 Å². The SMILES string of the molecule is CCc1ncc(CN2CC(N3CC(c4nc(C)no4)CC3=O)C2)cn1. The maximum Gasteiger partial charge on any atom is 0.232 e. The van der Waals surface area contributed by atoms with Crippen molar-refractivity contribution in [3.05, 3.63) is 35.5 Å². The highest BCUT2D eigenvalue weighted by Gasteiger charge is 2.41. The third kappa shape index (κ3) is 3.26. The molecule has 2 aromatic rings. The molecule has 0 aliphatic carbocycles. The summed E-state index contributed by atoms with van der Waals surface area (Å²) >= 11 is 0. The number of hydrogen-bond donors (Lipinski definition) is 0. The third-order valence-electron chi connectivity index (χ3n) is 4.91. The van der Waals surface area contributed by atoms with E-state index in [9.17, 15) is 4.79 Å². The van der Waals surface area contributed by atoms with Crippen LogP contribution in [0.25, 0.3) is 0 Å². The molecule has 2 fully saturated rings. The highest BCUT2D eigenvalue weighted by Crippen LogP contribution is 2.31. The molecule has 0 spiro atoms. The summed E-state index contributed by atoms with van der Waals surface area (Å²) in [5, 5.41) is 3.83. The van der Waals surface area contributed by atoms with Crippen molar-refractivity contribution in [2.24, 2.45) is 0 Å². The average Bonchev–Trinajstić information content (AvgIpc) is 3.17. The maximum atomic E-state index is 12.3. The van der Waals surface area contributed by atoms with Crippen LogP contribution in [0.15, 0.2) is 16.9 Å². The van der Waals surface area contributed by atoms with Gasteiger partial charge >= 0.3 is 0 Å². The Bertz CT molecular complexity index is 753. The van der Waals surface area contributed by atoms with Gasteiger partial charge in [0.05, 0.1) is 12.0 Å². The number of aromatic nitrogens is 4. The van der Waals surface area contributed by atoms with Crippen LogP contribution >= 0.6 is 0 Å². The van der Waals surface area contributed by atoms with Gasteiger partial charge in [-0.05, 0) is 6.92 Å². The number of aryl methyl sites for hydroxylation is 2. The minimum absolute atomic E-state index is 0.0257. The van der Waals surface area contributed by atoms with Gasteiger partial charge < -0.3 is 9.42 Å². The summed E-state index contributed by atoms with van der Waals surface area (Å²) in [6, 6.07) is 0.275. The lowest BCUT2D eigenvalue weighted by atomic mass is 10.1. The molecular formula is C17H22N6O2. The summed E-state index contributed by atoms with van der Waals surface area (Å²) in [4.78, 5) is 29.6. The zero-order valence-electron chi connectivity index (χ0n) is 14.6. The zero-order chi connectivity index (χ0) is 17.4.